The first-order valence-corrected chi connectivity index (χ1v) is 8.93. The zero-order valence-corrected chi connectivity index (χ0v) is 15.2. The number of carboxylic acids is 2. The van der Waals surface area contributed by atoms with Gasteiger partial charge in [0.2, 0.25) is 0 Å². The van der Waals surface area contributed by atoms with Gasteiger partial charge < -0.3 is 19.7 Å². The number of esters is 2. The van der Waals surface area contributed by atoms with Gasteiger partial charge in [-0.25, -0.2) is 0 Å². The van der Waals surface area contributed by atoms with Crippen LogP contribution in [0.3, 0.4) is 0 Å². The Morgan fingerprint density at radius 1 is 0.846 bits per heavy atom. The summed E-state index contributed by atoms with van der Waals surface area (Å²) in [5.74, 6) is -7.06. The quantitative estimate of drug-likeness (QED) is 0.554. The van der Waals surface area contributed by atoms with Gasteiger partial charge in [-0.15, -0.1) is 0 Å². The van der Waals surface area contributed by atoms with Crippen molar-refractivity contribution in [2.75, 3.05) is 14.2 Å². The van der Waals surface area contributed by atoms with Gasteiger partial charge in [0.1, 0.15) is 0 Å². The minimum atomic E-state index is -2.50. The molecule has 0 aromatic heterocycles. The van der Waals surface area contributed by atoms with Crippen LogP contribution in [0.4, 0.5) is 0 Å². The van der Waals surface area contributed by atoms with E-state index in [9.17, 15) is 29.4 Å². The van der Waals surface area contributed by atoms with E-state index in [1.165, 1.54) is 0 Å². The smallest absolute Gasteiger partial charge is 0.325 e. The van der Waals surface area contributed by atoms with Crippen LogP contribution in [-0.2, 0) is 28.7 Å². The van der Waals surface area contributed by atoms with Crippen molar-refractivity contribution in [3.05, 3.63) is 0 Å². The summed E-state index contributed by atoms with van der Waals surface area (Å²) in [4.78, 5) is 50.3. The first kappa shape index (κ1) is 20.2. The summed E-state index contributed by atoms with van der Waals surface area (Å²) in [7, 11) is 2.16. The van der Waals surface area contributed by atoms with E-state index in [0.29, 0.717) is 19.3 Å². The fourth-order valence-corrected chi connectivity index (χ4v) is 5.26. The molecule has 2 fully saturated rings. The second kappa shape index (κ2) is 7.63. The maximum absolute atomic E-state index is 13.0. The fraction of sp³-hybridized carbons (Fsp3) is 0.778. The van der Waals surface area contributed by atoms with Crippen molar-refractivity contribution in [2.45, 2.75) is 51.4 Å². The van der Waals surface area contributed by atoms with E-state index < -0.39 is 46.5 Å². The summed E-state index contributed by atoms with van der Waals surface area (Å²) >= 11 is 0. The molecule has 0 bridgehead atoms. The normalized spacial score (nSPS) is 32.5. The molecule has 26 heavy (non-hydrogen) atoms. The highest BCUT2D eigenvalue weighted by atomic mass is 16.5. The zero-order chi connectivity index (χ0) is 19.5. The lowest BCUT2D eigenvalue weighted by Gasteiger charge is -2.53. The van der Waals surface area contributed by atoms with Gasteiger partial charge in [0.15, 0.2) is 5.41 Å². The molecule has 0 aromatic rings. The summed E-state index contributed by atoms with van der Waals surface area (Å²) in [5, 5.41) is 19.9. The van der Waals surface area contributed by atoms with E-state index in [0.717, 1.165) is 33.5 Å². The number of ether oxygens (including phenoxy) is 2. The highest BCUT2D eigenvalue weighted by molar-refractivity contribution is 6.08. The van der Waals surface area contributed by atoms with Crippen LogP contribution >= 0.6 is 0 Å². The molecule has 2 saturated carbocycles. The van der Waals surface area contributed by atoms with Gasteiger partial charge >= 0.3 is 23.9 Å². The molecule has 3 unspecified atom stereocenters. The number of rotatable bonds is 5. The van der Waals surface area contributed by atoms with E-state index in [2.05, 4.69) is 0 Å². The first-order valence-electron chi connectivity index (χ1n) is 8.93. The number of methoxy groups -OCH3 is 2. The Labute approximate surface area is 151 Å². The lowest BCUT2D eigenvalue weighted by atomic mass is 9.45. The van der Waals surface area contributed by atoms with Crippen LogP contribution < -0.4 is 0 Å². The van der Waals surface area contributed by atoms with E-state index in [-0.39, 0.29) is 12.8 Å². The number of carbonyl (C=O) groups excluding carboxylic acids is 2. The Balaban J connectivity index is 2.82. The van der Waals surface area contributed by atoms with Crippen molar-refractivity contribution in [3.63, 3.8) is 0 Å². The van der Waals surface area contributed by atoms with Gasteiger partial charge in [0.05, 0.1) is 25.6 Å². The minimum Gasteiger partial charge on any atom is -0.481 e. The van der Waals surface area contributed by atoms with Crippen LogP contribution in [-0.4, -0.2) is 48.3 Å². The number of carbonyl (C=O) groups is 4. The second-order valence-corrected chi connectivity index (χ2v) is 7.19. The van der Waals surface area contributed by atoms with Crippen molar-refractivity contribution >= 4 is 23.9 Å². The molecule has 2 aliphatic rings. The van der Waals surface area contributed by atoms with Gasteiger partial charge in [-0.2, -0.15) is 0 Å². The molecule has 3 atom stereocenters. The van der Waals surface area contributed by atoms with Crippen LogP contribution in [0.2, 0.25) is 0 Å². The van der Waals surface area contributed by atoms with Crippen LogP contribution in [0.15, 0.2) is 0 Å². The Morgan fingerprint density at radius 3 is 1.88 bits per heavy atom. The zero-order valence-electron chi connectivity index (χ0n) is 15.2. The van der Waals surface area contributed by atoms with E-state index in [1.54, 1.807) is 0 Å². The average Bonchev–Trinajstić information content (AvgIpc) is 2.65. The topological polar surface area (TPSA) is 127 Å². The molecular formula is C18H26O8. The Morgan fingerprint density at radius 2 is 1.42 bits per heavy atom. The Kier molecular flexibility index (Phi) is 5.93. The molecule has 0 amide bonds. The van der Waals surface area contributed by atoms with Gasteiger partial charge in [0.25, 0.3) is 0 Å². The molecule has 146 valence electrons. The summed E-state index contributed by atoms with van der Waals surface area (Å²) in [6, 6.07) is 0. The van der Waals surface area contributed by atoms with Crippen molar-refractivity contribution in [3.8, 4) is 0 Å². The van der Waals surface area contributed by atoms with Crippen molar-refractivity contribution < 1.29 is 38.9 Å². The molecule has 8 nitrogen and oxygen atoms in total. The molecule has 2 rings (SSSR count). The molecule has 8 heteroatoms. The van der Waals surface area contributed by atoms with E-state index in [4.69, 9.17) is 9.47 Å². The average molecular weight is 370 g/mol. The van der Waals surface area contributed by atoms with Gasteiger partial charge in [-0.05, 0) is 31.6 Å². The van der Waals surface area contributed by atoms with Crippen molar-refractivity contribution in [1.29, 1.82) is 0 Å². The van der Waals surface area contributed by atoms with Crippen molar-refractivity contribution in [2.24, 2.45) is 22.7 Å². The standard InChI is InChI=1S/C18H26O8/c1-25-15(23)17(11-7-4-3-5-8-11)10-6-9-12(13(19)20)18(17,14(21)22)16(24)26-2/h11-12H,3-10H2,1-2H3,(H,19,20)(H,21,22). The third kappa shape index (κ3) is 2.66. The summed E-state index contributed by atoms with van der Waals surface area (Å²) < 4.78 is 9.76. The van der Waals surface area contributed by atoms with Crippen LogP contribution in [0.1, 0.15) is 51.4 Å². The third-order valence-electron chi connectivity index (χ3n) is 6.28. The molecular weight excluding hydrogens is 344 g/mol. The number of hydrogen-bond donors (Lipinski definition) is 2. The molecule has 0 heterocycles. The predicted molar refractivity (Wildman–Crippen MR) is 88.1 cm³/mol. The molecule has 0 spiro atoms. The van der Waals surface area contributed by atoms with Gasteiger partial charge in [-0.1, -0.05) is 25.7 Å². The maximum Gasteiger partial charge on any atom is 0.325 e. The SMILES string of the molecule is COC(=O)C1(C2CCCCC2)CCCC(C(=O)O)C1(C(=O)O)C(=O)OC. The number of aliphatic carboxylic acids is 2. The van der Waals surface area contributed by atoms with Gasteiger partial charge in [0, 0.05) is 0 Å². The molecule has 2 aliphatic carbocycles. The molecule has 2 N–H and O–H groups in total. The highest BCUT2D eigenvalue weighted by Gasteiger charge is 2.75. The summed E-state index contributed by atoms with van der Waals surface area (Å²) in [6.45, 7) is 0. The van der Waals surface area contributed by atoms with E-state index in [1.807, 2.05) is 0 Å². The molecule has 0 saturated heterocycles. The monoisotopic (exact) mass is 370 g/mol. The lowest BCUT2D eigenvalue weighted by molar-refractivity contribution is -0.214. The molecule has 0 aromatic carbocycles. The largest absolute Gasteiger partial charge is 0.481 e. The maximum atomic E-state index is 13.0. The van der Waals surface area contributed by atoms with Crippen LogP contribution in [0.25, 0.3) is 0 Å². The minimum absolute atomic E-state index is 0.0117. The number of carboxylic acid groups (broad SMARTS) is 2. The first-order chi connectivity index (χ1) is 12.3. The predicted octanol–water partition coefficient (Wildman–Crippen LogP) is 1.85. The van der Waals surface area contributed by atoms with E-state index >= 15 is 0 Å². The summed E-state index contributed by atoms with van der Waals surface area (Å²) in [5.41, 5.74) is -4.25. The summed E-state index contributed by atoms with van der Waals surface area (Å²) in [6.07, 6.45) is 4.04. The highest BCUT2D eigenvalue weighted by Crippen LogP contribution is 2.61. The Hall–Kier alpha value is -2.12. The molecule has 0 radical (unpaired) electrons. The van der Waals surface area contributed by atoms with Gasteiger partial charge in [-0.3, -0.25) is 19.2 Å². The third-order valence-corrected chi connectivity index (χ3v) is 6.28. The second-order valence-electron chi connectivity index (χ2n) is 7.19. The fourth-order valence-electron chi connectivity index (χ4n) is 5.26. The molecule has 0 aliphatic heterocycles. The number of hydrogen-bond acceptors (Lipinski definition) is 6. The van der Waals surface area contributed by atoms with Crippen LogP contribution in [0, 0.1) is 22.7 Å². The van der Waals surface area contributed by atoms with Crippen molar-refractivity contribution in [1.82, 2.24) is 0 Å². The lowest BCUT2D eigenvalue weighted by Crippen LogP contribution is -2.67. The Bertz CT molecular complexity index is 594. The van der Waals surface area contributed by atoms with Crippen LogP contribution in [0.5, 0.6) is 0 Å².